The third kappa shape index (κ3) is 2.82. The zero-order chi connectivity index (χ0) is 11.4. The maximum Gasteiger partial charge on any atom is 0.218 e. The zero-order valence-corrected chi connectivity index (χ0v) is 9.52. The monoisotopic (exact) mass is 222 g/mol. The smallest absolute Gasteiger partial charge is 0.218 e. The van der Waals surface area contributed by atoms with Gasteiger partial charge in [0.2, 0.25) is 5.88 Å². The third-order valence-electron chi connectivity index (χ3n) is 2.97. The summed E-state index contributed by atoms with van der Waals surface area (Å²) in [4.78, 5) is 8.02. The van der Waals surface area contributed by atoms with E-state index in [4.69, 9.17) is 10.6 Å². The number of anilines is 1. The maximum atomic E-state index is 5.82. The van der Waals surface area contributed by atoms with Crippen molar-refractivity contribution in [3.05, 3.63) is 12.4 Å². The molecule has 16 heavy (non-hydrogen) atoms. The number of hydrazine groups is 1. The van der Waals surface area contributed by atoms with Crippen molar-refractivity contribution >= 4 is 5.82 Å². The largest absolute Gasteiger partial charge is 0.474 e. The van der Waals surface area contributed by atoms with Gasteiger partial charge in [0.05, 0.1) is 0 Å². The molecule has 0 bridgehead atoms. The van der Waals surface area contributed by atoms with E-state index < -0.39 is 0 Å². The minimum atomic E-state index is 0.282. The van der Waals surface area contributed by atoms with Crippen LogP contribution in [0.2, 0.25) is 0 Å². The van der Waals surface area contributed by atoms with E-state index in [1.807, 2.05) is 0 Å². The SMILES string of the molecule is CC1CCCC(Oc2cc(NN)ncn2)C1. The molecule has 1 aromatic rings. The lowest BCUT2D eigenvalue weighted by Crippen LogP contribution is -2.24. The van der Waals surface area contributed by atoms with Crippen molar-refractivity contribution in [3.8, 4) is 5.88 Å². The highest BCUT2D eigenvalue weighted by atomic mass is 16.5. The normalized spacial score (nSPS) is 25.1. The number of nitrogens with two attached hydrogens (primary N) is 1. The zero-order valence-electron chi connectivity index (χ0n) is 9.52. The summed E-state index contributed by atoms with van der Waals surface area (Å²) in [6, 6.07) is 1.72. The van der Waals surface area contributed by atoms with Crippen LogP contribution in [-0.4, -0.2) is 16.1 Å². The van der Waals surface area contributed by atoms with Crippen molar-refractivity contribution in [1.29, 1.82) is 0 Å². The van der Waals surface area contributed by atoms with E-state index in [0.717, 1.165) is 18.8 Å². The van der Waals surface area contributed by atoms with Crippen molar-refractivity contribution in [1.82, 2.24) is 9.97 Å². The van der Waals surface area contributed by atoms with Crippen LogP contribution in [-0.2, 0) is 0 Å². The first-order chi connectivity index (χ1) is 7.78. The second-order valence-corrected chi connectivity index (χ2v) is 4.40. The van der Waals surface area contributed by atoms with Gasteiger partial charge < -0.3 is 10.2 Å². The number of nitrogens with one attached hydrogen (secondary N) is 1. The van der Waals surface area contributed by atoms with E-state index >= 15 is 0 Å². The van der Waals surface area contributed by atoms with Gasteiger partial charge in [-0.1, -0.05) is 13.3 Å². The van der Waals surface area contributed by atoms with Crippen LogP contribution >= 0.6 is 0 Å². The molecule has 2 atom stereocenters. The first-order valence-electron chi connectivity index (χ1n) is 5.73. The summed E-state index contributed by atoms with van der Waals surface area (Å²) < 4.78 is 5.82. The molecule has 2 unspecified atom stereocenters. The Morgan fingerprint density at radius 1 is 1.44 bits per heavy atom. The molecule has 1 aromatic heterocycles. The molecular formula is C11H18N4O. The molecule has 0 spiro atoms. The molecule has 0 radical (unpaired) electrons. The van der Waals surface area contributed by atoms with Crippen molar-refractivity contribution < 1.29 is 4.74 Å². The number of hydrogen-bond donors (Lipinski definition) is 2. The van der Waals surface area contributed by atoms with Gasteiger partial charge in [-0.25, -0.2) is 15.8 Å². The number of aromatic nitrogens is 2. The van der Waals surface area contributed by atoms with Crippen molar-refractivity contribution in [2.75, 3.05) is 5.43 Å². The minimum absolute atomic E-state index is 0.282. The average molecular weight is 222 g/mol. The topological polar surface area (TPSA) is 73.1 Å². The molecule has 0 aliphatic heterocycles. The summed E-state index contributed by atoms with van der Waals surface area (Å²) in [6.07, 6.45) is 6.49. The Bertz CT molecular complexity index is 345. The van der Waals surface area contributed by atoms with Crippen LogP contribution in [0.15, 0.2) is 12.4 Å². The third-order valence-corrected chi connectivity index (χ3v) is 2.97. The molecule has 1 fully saturated rings. The quantitative estimate of drug-likeness (QED) is 0.601. The fourth-order valence-corrected chi connectivity index (χ4v) is 2.14. The molecule has 1 aliphatic carbocycles. The van der Waals surface area contributed by atoms with Crippen LogP contribution in [0.4, 0.5) is 5.82 Å². The van der Waals surface area contributed by atoms with E-state index in [0.29, 0.717) is 11.7 Å². The Morgan fingerprint density at radius 3 is 3.06 bits per heavy atom. The van der Waals surface area contributed by atoms with Crippen LogP contribution in [0.1, 0.15) is 32.6 Å². The molecule has 2 rings (SSSR count). The first-order valence-corrected chi connectivity index (χ1v) is 5.73. The lowest BCUT2D eigenvalue weighted by molar-refractivity contribution is 0.124. The number of nitrogen functional groups attached to an aromatic ring is 1. The molecule has 1 aliphatic rings. The summed E-state index contributed by atoms with van der Waals surface area (Å²) in [5.74, 6) is 7.20. The summed E-state index contributed by atoms with van der Waals surface area (Å²) >= 11 is 0. The van der Waals surface area contributed by atoms with Crippen LogP contribution < -0.4 is 16.0 Å². The molecule has 1 heterocycles. The Kier molecular flexibility index (Phi) is 3.56. The Labute approximate surface area is 95.4 Å². The molecule has 5 nitrogen and oxygen atoms in total. The Hall–Kier alpha value is -1.36. The minimum Gasteiger partial charge on any atom is -0.474 e. The van der Waals surface area contributed by atoms with Crippen molar-refractivity contribution in [2.24, 2.45) is 11.8 Å². The Balaban J connectivity index is 1.97. The van der Waals surface area contributed by atoms with Crippen LogP contribution in [0.5, 0.6) is 5.88 Å². The van der Waals surface area contributed by atoms with Crippen LogP contribution in [0.3, 0.4) is 0 Å². The van der Waals surface area contributed by atoms with Crippen LogP contribution in [0, 0.1) is 5.92 Å². The molecule has 0 amide bonds. The summed E-state index contributed by atoms with van der Waals surface area (Å²) in [6.45, 7) is 2.27. The highest BCUT2D eigenvalue weighted by Gasteiger charge is 2.20. The molecule has 0 aromatic carbocycles. The molecular weight excluding hydrogens is 204 g/mol. The summed E-state index contributed by atoms with van der Waals surface area (Å²) in [5.41, 5.74) is 2.48. The summed E-state index contributed by atoms with van der Waals surface area (Å²) in [5, 5.41) is 0. The van der Waals surface area contributed by atoms with Crippen molar-refractivity contribution in [3.63, 3.8) is 0 Å². The van der Waals surface area contributed by atoms with E-state index in [2.05, 4.69) is 22.3 Å². The van der Waals surface area contributed by atoms with Gasteiger partial charge in [0, 0.05) is 6.07 Å². The van der Waals surface area contributed by atoms with E-state index in [1.165, 1.54) is 19.2 Å². The van der Waals surface area contributed by atoms with E-state index in [-0.39, 0.29) is 6.10 Å². The van der Waals surface area contributed by atoms with E-state index in [1.54, 1.807) is 6.07 Å². The lowest BCUT2D eigenvalue weighted by Gasteiger charge is -2.26. The molecule has 1 saturated carbocycles. The second kappa shape index (κ2) is 5.12. The number of nitrogens with zero attached hydrogens (tertiary/aromatic N) is 2. The van der Waals surface area contributed by atoms with Gasteiger partial charge in [0.15, 0.2) is 0 Å². The van der Waals surface area contributed by atoms with Gasteiger partial charge in [-0.2, -0.15) is 0 Å². The fourth-order valence-electron chi connectivity index (χ4n) is 2.14. The van der Waals surface area contributed by atoms with Gasteiger partial charge in [-0.15, -0.1) is 0 Å². The van der Waals surface area contributed by atoms with E-state index in [9.17, 15) is 0 Å². The van der Waals surface area contributed by atoms with Crippen LogP contribution in [0.25, 0.3) is 0 Å². The predicted octanol–water partition coefficient (Wildman–Crippen LogP) is 1.72. The molecule has 5 heteroatoms. The van der Waals surface area contributed by atoms with Gasteiger partial charge in [-0.3, -0.25) is 0 Å². The standard InChI is InChI=1S/C11H18N4O/c1-8-3-2-4-9(5-8)16-11-6-10(15-12)13-7-14-11/h6-9H,2-5,12H2,1H3,(H,13,14,15). The summed E-state index contributed by atoms with van der Waals surface area (Å²) in [7, 11) is 0. The number of rotatable bonds is 3. The first kappa shape index (κ1) is 11.1. The lowest BCUT2D eigenvalue weighted by atomic mass is 9.89. The van der Waals surface area contributed by atoms with Gasteiger partial charge >= 0.3 is 0 Å². The maximum absolute atomic E-state index is 5.82. The predicted molar refractivity (Wildman–Crippen MR) is 61.9 cm³/mol. The van der Waals surface area contributed by atoms with Gasteiger partial charge in [0.1, 0.15) is 18.2 Å². The number of ether oxygens (including phenoxy) is 1. The molecule has 3 N–H and O–H groups in total. The van der Waals surface area contributed by atoms with Gasteiger partial charge in [-0.05, 0) is 25.2 Å². The highest BCUT2D eigenvalue weighted by Crippen LogP contribution is 2.26. The number of hydrogen-bond acceptors (Lipinski definition) is 5. The average Bonchev–Trinajstić information content (AvgIpc) is 2.29. The van der Waals surface area contributed by atoms with Crippen molar-refractivity contribution in [2.45, 2.75) is 38.7 Å². The second-order valence-electron chi connectivity index (χ2n) is 4.40. The van der Waals surface area contributed by atoms with Gasteiger partial charge in [0.25, 0.3) is 0 Å². The Morgan fingerprint density at radius 2 is 2.31 bits per heavy atom. The molecule has 88 valence electrons. The fraction of sp³-hybridized carbons (Fsp3) is 0.636. The highest BCUT2D eigenvalue weighted by molar-refractivity contribution is 5.35. The molecule has 0 saturated heterocycles.